The summed E-state index contributed by atoms with van der Waals surface area (Å²) in [5, 5.41) is 10.2. The van der Waals surface area contributed by atoms with Gasteiger partial charge in [0.1, 0.15) is 0 Å². The Hall–Kier alpha value is -7.04. The van der Waals surface area contributed by atoms with E-state index < -0.39 is 0 Å². The molecule has 4 nitrogen and oxygen atoms in total. The maximum atomic E-state index is 5.17. The number of fused-ring (bicyclic) bond motifs is 12. The van der Waals surface area contributed by atoms with Gasteiger partial charge in [0.25, 0.3) is 0 Å². The molecule has 4 aromatic heterocycles. The van der Waals surface area contributed by atoms with Crippen LogP contribution in [0.15, 0.2) is 170 Å². The van der Waals surface area contributed by atoms with E-state index in [1.165, 1.54) is 70.7 Å². The molecular weight excluding hydrogens is 633 g/mol. The predicted octanol–water partition coefficient (Wildman–Crippen LogP) is 12.4. The molecule has 12 aromatic rings. The molecule has 8 aromatic carbocycles. The Morgan fingerprint density at radius 3 is 1.75 bits per heavy atom. The third kappa shape index (κ3) is 3.70. The van der Waals surface area contributed by atoms with Crippen molar-refractivity contribution < 1.29 is 0 Å². The molecule has 0 spiro atoms. The second kappa shape index (κ2) is 10.3. The van der Waals surface area contributed by atoms with Gasteiger partial charge in [-0.3, -0.25) is 0 Å². The highest BCUT2D eigenvalue weighted by Crippen LogP contribution is 2.45. The van der Waals surface area contributed by atoms with Crippen LogP contribution in [0.2, 0.25) is 0 Å². The summed E-state index contributed by atoms with van der Waals surface area (Å²) in [7, 11) is 0. The zero-order valence-corrected chi connectivity index (χ0v) is 28.0. The Bertz CT molecular complexity index is 3390. The van der Waals surface area contributed by atoms with Crippen LogP contribution in [0.5, 0.6) is 0 Å². The van der Waals surface area contributed by atoms with Gasteiger partial charge in [-0.15, -0.1) is 0 Å². The maximum Gasteiger partial charge on any atom is 0.0973 e. The van der Waals surface area contributed by atoms with E-state index in [0.29, 0.717) is 0 Å². The number of hydrogen-bond donors (Lipinski definition) is 0. The number of aromatic nitrogens is 4. The Morgan fingerprint density at radius 1 is 0.365 bits per heavy atom. The van der Waals surface area contributed by atoms with Crippen molar-refractivity contribution in [2.45, 2.75) is 0 Å². The third-order valence-electron chi connectivity index (χ3n) is 11.0. The SMILES string of the molecule is c1ccc(-c2nc3ccccc3nc2-c2ccc(-n3c4cc5ccccc5cc4c4c5c6cccc7c8ccccc8n(c5ccc43)c76)cc2)cc1. The molecule has 0 aliphatic carbocycles. The molecule has 0 radical (unpaired) electrons. The molecule has 0 aliphatic heterocycles. The fraction of sp³-hybridized carbons (Fsp3) is 0. The van der Waals surface area contributed by atoms with E-state index in [1.807, 2.05) is 30.3 Å². The molecular formula is C48H28N4. The van der Waals surface area contributed by atoms with Gasteiger partial charge in [-0.2, -0.15) is 0 Å². The summed E-state index contributed by atoms with van der Waals surface area (Å²) >= 11 is 0. The number of para-hydroxylation sites is 4. The van der Waals surface area contributed by atoms with Crippen molar-refractivity contribution in [3.63, 3.8) is 0 Å². The van der Waals surface area contributed by atoms with Crippen LogP contribution in [0.25, 0.3) is 110 Å². The van der Waals surface area contributed by atoms with Gasteiger partial charge in [-0.25, -0.2) is 9.97 Å². The second-order valence-electron chi connectivity index (χ2n) is 13.8. The molecule has 0 amide bonds. The Labute approximate surface area is 297 Å². The highest BCUT2D eigenvalue weighted by Gasteiger charge is 2.23. The van der Waals surface area contributed by atoms with Crippen molar-refractivity contribution in [1.29, 1.82) is 0 Å². The molecule has 52 heavy (non-hydrogen) atoms. The average molecular weight is 661 g/mol. The van der Waals surface area contributed by atoms with Gasteiger partial charge >= 0.3 is 0 Å². The van der Waals surface area contributed by atoms with Crippen molar-refractivity contribution in [2.24, 2.45) is 0 Å². The molecule has 0 saturated heterocycles. The van der Waals surface area contributed by atoms with Gasteiger partial charge in [-0.05, 0) is 65.4 Å². The lowest BCUT2D eigenvalue weighted by molar-refractivity contribution is 1.18. The van der Waals surface area contributed by atoms with Crippen LogP contribution < -0.4 is 0 Å². The van der Waals surface area contributed by atoms with Crippen molar-refractivity contribution in [1.82, 2.24) is 18.9 Å². The topological polar surface area (TPSA) is 35.1 Å². The molecule has 0 atom stereocenters. The normalized spacial score (nSPS) is 12.2. The van der Waals surface area contributed by atoms with Gasteiger partial charge < -0.3 is 8.97 Å². The van der Waals surface area contributed by atoms with E-state index >= 15 is 0 Å². The molecule has 0 saturated carbocycles. The van der Waals surface area contributed by atoms with Crippen LogP contribution in [0, 0.1) is 0 Å². The van der Waals surface area contributed by atoms with Gasteiger partial charge in [0.05, 0.1) is 50.0 Å². The highest BCUT2D eigenvalue weighted by atomic mass is 15.0. The van der Waals surface area contributed by atoms with Crippen LogP contribution in [0.4, 0.5) is 0 Å². The summed E-state index contributed by atoms with van der Waals surface area (Å²) < 4.78 is 4.92. The lowest BCUT2D eigenvalue weighted by Gasteiger charge is -2.13. The first kappa shape index (κ1) is 27.7. The number of benzene rings is 8. The second-order valence-corrected chi connectivity index (χ2v) is 13.8. The molecule has 0 unspecified atom stereocenters. The van der Waals surface area contributed by atoms with E-state index in [2.05, 4.69) is 148 Å². The van der Waals surface area contributed by atoms with Gasteiger partial charge in [0, 0.05) is 49.1 Å². The van der Waals surface area contributed by atoms with E-state index in [-0.39, 0.29) is 0 Å². The minimum absolute atomic E-state index is 0.879. The largest absolute Gasteiger partial charge is 0.309 e. The number of rotatable bonds is 3. The summed E-state index contributed by atoms with van der Waals surface area (Å²) in [5.74, 6) is 0. The monoisotopic (exact) mass is 660 g/mol. The molecule has 0 aliphatic rings. The molecule has 240 valence electrons. The van der Waals surface area contributed by atoms with Gasteiger partial charge in [0.2, 0.25) is 0 Å². The first-order valence-electron chi connectivity index (χ1n) is 17.8. The third-order valence-corrected chi connectivity index (χ3v) is 11.0. The van der Waals surface area contributed by atoms with Crippen LogP contribution in [0.3, 0.4) is 0 Å². The Kier molecular flexibility index (Phi) is 5.47. The number of hydrogen-bond acceptors (Lipinski definition) is 2. The van der Waals surface area contributed by atoms with E-state index in [0.717, 1.165) is 39.2 Å². The molecule has 0 bridgehead atoms. The zero-order chi connectivity index (χ0) is 33.9. The zero-order valence-electron chi connectivity index (χ0n) is 28.0. The fourth-order valence-electron chi connectivity index (χ4n) is 8.76. The molecule has 12 rings (SSSR count). The van der Waals surface area contributed by atoms with Crippen molar-refractivity contribution >= 4 is 81.7 Å². The van der Waals surface area contributed by atoms with Crippen LogP contribution in [-0.4, -0.2) is 18.9 Å². The minimum Gasteiger partial charge on any atom is -0.309 e. The Balaban J connectivity index is 1.14. The van der Waals surface area contributed by atoms with Crippen LogP contribution >= 0.6 is 0 Å². The first-order valence-corrected chi connectivity index (χ1v) is 17.8. The van der Waals surface area contributed by atoms with Gasteiger partial charge in [0.15, 0.2) is 0 Å². The Morgan fingerprint density at radius 2 is 0.962 bits per heavy atom. The summed E-state index contributed by atoms with van der Waals surface area (Å²) in [5.41, 5.74) is 12.9. The van der Waals surface area contributed by atoms with Gasteiger partial charge in [-0.1, -0.05) is 115 Å². The lowest BCUT2D eigenvalue weighted by atomic mass is 10.0. The van der Waals surface area contributed by atoms with E-state index in [1.54, 1.807) is 0 Å². The first-order chi connectivity index (χ1) is 25.8. The van der Waals surface area contributed by atoms with E-state index in [4.69, 9.17) is 9.97 Å². The average Bonchev–Trinajstić information content (AvgIpc) is 3.85. The summed E-state index contributed by atoms with van der Waals surface area (Å²) in [6.45, 7) is 0. The van der Waals surface area contributed by atoms with E-state index in [9.17, 15) is 0 Å². The van der Waals surface area contributed by atoms with Crippen LogP contribution in [0.1, 0.15) is 0 Å². The lowest BCUT2D eigenvalue weighted by Crippen LogP contribution is -1.97. The number of nitrogens with zero attached hydrogens (tertiary/aromatic N) is 4. The molecule has 0 N–H and O–H groups in total. The van der Waals surface area contributed by atoms with Crippen molar-refractivity contribution in [3.05, 3.63) is 170 Å². The van der Waals surface area contributed by atoms with Crippen molar-refractivity contribution in [2.75, 3.05) is 0 Å². The molecule has 4 heteroatoms. The van der Waals surface area contributed by atoms with Crippen molar-refractivity contribution in [3.8, 4) is 28.2 Å². The minimum atomic E-state index is 0.879. The molecule has 4 heterocycles. The standard InChI is InChI=1S/C48H28N4/c1-2-11-29(12-3-1)46-47(50-39-19-8-7-18-38(39)49-46)30-21-23-33(24-22-30)51-41-25-26-42-44(45(41)37-27-31-13-4-5-14-32(31)28-43(37)51)36-17-10-16-35-34-15-6-9-20-40(34)52(42)48(35)36/h1-28H. The van der Waals surface area contributed by atoms with Crippen LogP contribution in [-0.2, 0) is 0 Å². The quantitative estimate of drug-likeness (QED) is 0.189. The highest BCUT2D eigenvalue weighted by molar-refractivity contribution is 6.33. The predicted molar refractivity (Wildman–Crippen MR) is 217 cm³/mol. The molecule has 0 fully saturated rings. The summed E-state index contributed by atoms with van der Waals surface area (Å²) in [6, 6.07) is 61.0. The maximum absolute atomic E-state index is 5.17. The fourth-order valence-corrected chi connectivity index (χ4v) is 8.76. The smallest absolute Gasteiger partial charge is 0.0973 e. The summed E-state index contributed by atoms with van der Waals surface area (Å²) in [6.07, 6.45) is 0. The summed E-state index contributed by atoms with van der Waals surface area (Å²) in [4.78, 5) is 10.3.